The van der Waals surface area contributed by atoms with Gasteiger partial charge in [-0.3, -0.25) is 9.67 Å². The van der Waals surface area contributed by atoms with Crippen molar-refractivity contribution in [1.29, 1.82) is 0 Å². The van der Waals surface area contributed by atoms with Gasteiger partial charge in [-0.1, -0.05) is 6.42 Å². The van der Waals surface area contributed by atoms with Crippen LogP contribution in [0, 0.1) is 0 Å². The van der Waals surface area contributed by atoms with Crippen molar-refractivity contribution in [1.82, 2.24) is 25.0 Å². The first-order valence-electron chi connectivity index (χ1n) is 8.76. The maximum Gasteiger partial charge on any atom is 0.0969 e. The molecule has 1 aliphatic rings. The molecular weight excluding hydrogens is 302 g/mol. The van der Waals surface area contributed by atoms with Gasteiger partial charge in [-0.15, -0.1) is 0 Å². The minimum atomic E-state index is -0.329. The first-order chi connectivity index (χ1) is 11.7. The number of likely N-dealkylation sites (tertiary alicyclic amines) is 1. The summed E-state index contributed by atoms with van der Waals surface area (Å²) in [4.78, 5) is 6.42. The average molecular weight is 329 g/mol. The van der Waals surface area contributed by atoms with Gasteiger partial charge in [0.25, 0.3) is 0 Å². The molecule has 24 heavy (non-hydrogen) atoms. The number of aromatic nitrogens is 3. The maximum atomic E-state index is 10.2. The van der Waals surface area contributed by atoms with Gasteiger partial charge in [0.05, 0.1) is 11.8 Å². The van der Waals surface area contributed by atoms with Crippen LogP contribution in [0.4, 0.5) is 0 Å². The molecule has 0 radical (unpaired) electrons. The van der Waals surface area contributed by atoms with Gasteiger partial charge >= 0.3 is 0 Å². The molecule has 1 saturated heterocycles. The number of aliphatic hydroxyl groups is 1. The van der Waals surface area contributed by atoms with Crippen LogP contribution in [0.1, 0.15) is 24.8 Å². The van der Waals surface area contributed by atoms with Gasteiger partial charge in [0.15, 0.2) is 0 Å². The van der Waals surface area contributed by atoms with Crippen LogP contribution in [0.2, 0.25) is 0 Å². The first-order valence-corrected chi connectivity index (χ1v) is 8.76. The lowest BCUT2D eigenvalue weighted by Gasteiger charge is -2.28. The monoisotopic (exact) mass is 329 g/mol. The van der Waals surface area contributed by atoms with Crippen LogP contribution in [0.25, 0.3) is 11.3 Å². The fraction of sp³-hybridized carbons (Fsp3) is 0.556. The molecule has 2 aromatic heterocycles. The van der Waals surface area contributed by atoms with Crippen molar-refractivity contribution in [3.05, 3.63) is 36.3 Å². The summed E-state index contributed by atoms with van der Waals surface area (Å²) in [5.41, 5.74) is 3.17. The largest absolute Gasteiger partial charge is 0.390 e. The van der Waals surface area contributed by atoms with Crippen LogP contribution in [-0.4, -0.2) is 57.1 Å². The number of aryl methyl sites for hydroxylation is 1. The van der Waals surface area contributed by atoms with E-state index in [2.05, 4.69) is 20.3 Å². The normalized spacial score (nSPS) is 17.1. The van der Waals surface area contributed by atoms with E-state index in [1.54, 1.807) is 12.4 Å². The average Bonchev–Trinajstić information content (AvgIpc) is 2.97. The number of nitrogens with zero attached hydrogens (tertiary/aromatic N) is 4. The van der Waals surface area contributed by atoms with Crippen molar-refractivity contribution in [2.45, 2.75) is 31.9 Å². The molecule has 1 atom stereocenters. The standard InChI is InChI=1S/C18H27N5O/c1-22-13-16(18(21-22)15-5-7-19-8-6-15)11-20-12-17(24)14-23-9-3-2-4-10-23/h5-8,13,17,20,24H,2-4,9-12,14H2,1H3/t17-/m1/s1. The highest BCUT2D eigenvalue weighted by Crippen LogP contribution is 2.20. The Balaban J connectivity index is 1.51. The van der Waals surface area contributed by atoms with Crippen molar-refractivity contribution in [3.8, 4) is 11.3 Å². The third-order valence-corrected chi connectivity index (χ3v) is 4.47. The molecule has 6 heteroatoms. The Bertz CT molecular complexity index is 622. The molecule has 0 amide bonds. The molecule has 0 aliphatic carbocycles. The molecule has 2 N–H and O–H groups in total. The third kappa shape index (κ3) is 4.63. The summed E-state index contributed by atoms with van der Waals surface area (Å²) in [7, 11) is 1.93. The van der Waals surface area contributed by atoms with E-state index in [9.17, 15) is 5.11 Å². The zero-order valence-corrected chi connectivity index (χ0v) is 14.4. The second-order valence-corrected chi connectivity index (χ2v) is 6.56. The lowest BCUT2D eigenvalue weighted by molar-refractivity contribution is 0.1000. The highest BCUT2D eigenvalue weighted by Gasteiger charge is 2.15. The minimum absolute atomic E-state index is 0.329. The van der Waals surface area contributed by atoms with E-state index in [4.69, 9.17) is 0 Å². The molecule has 0 aromatic carbocycles. The molecule has 0 spiro atoms. The van der Waals surface area contributed by atoms with Crippen LogP contribution in [-0.2, 0) is 13.6 Å². The Morgan fingerprint density at radius 2 is 1.96 bits per heavy atom. The van der Waals surface area contributed by atoms with E-state index >= 15 is 0 Å². The number of piperidine rings is 1. The van der Waals surface area contributed by atoms with Gasteiger partial charge in [-0.05, 0) is 38.1 Å². The highest BCUT2D eigenvalue weighted by atomic mass is 16.3. The van der Waals surface area contributed by atoms with Crippen molar-refractivity contribution in [3.63, 3.8) is 0 Å². The number of rotatable bonds is 7. The first kappa shape index (κ1) is 17.1. The van der Waals surface area contributed by atoms with E-state index in [-0.39, 0.29) is 6.10 Å². The molecule has 6 nitrogen and oxygen atoms in total. The SMILES string of the molecule is Cn1cc(CNC[C@@H](O)CN2CCCCC2)c(-c2ccncc2)n1. The van der Waals surface area contributed by atoms with E-state index in [0.29, 0.717) is 13.1 Å². The van der Waals surface area contributed by atoms with Crippen molar-refractivity contribution in [2.24, 2.45) is 7.05 Å². The van der Waals surface area contributed by atoms with Crippen LogP contribution in [0.3, 0.4) is 0 Å². The van der Waals surface area contributed by atoms with Gasteiger partial charge in [0.1, 0.15) is 0 Å². The number of nitrogens with one attached hydrogen (secondary N) is 1. The maximum absolute atomic E-state index is 10.2. The van der Waals surface area contributed by atoms with Crippen molar-refractivity contribution >= 4 is 0 Å². The Kier molecular flexibility index (Phi) is 5.96. The van der Waals surface area contributed by atoms with Crippen LogP contribution >= 0.6 is 0 Å². The van der Waals surface area contributed by atoms with E-state index in [1.807, 2.05) is 30.1 Å². The zero-order chi connectivity index (χ0) is 16.8. The summed E-state index contributed by atoms with van der Waals surface area (Å²) in [6.07, 6.45) is 9.09. The number of aliphatic hydroxyl groups excluding tert-OH is 1. The molecule has 0 unspecified atom stereocenters. The topological polar surface area (TPSA) is 66.2 Å². The molecule has 2 aromatic rings. The van der Waals surface area contributed by atoms with Crippen molar-refractivity contribution < 1.29 is 5.11 Å². The summed E-state index contributed by atoms with van der Waals surface area (Å²) in [5.74, 6) is 0. The van der Waals surface area contributed by atoms with E-state index in [1.165, 1.54) is 19.3 Å². The quantitative estimate of drug-likeness (QED) is 0.804. The van der Waals surface area contributed by atoms with Gasteiger partial charge < -0.3 is 15.3 Å². The molecular formula is C18H27N5O. The highest BCUT2D eigenvalue weighted by molar-refractivity contribution is 5.61. The second kappa shape index (κ2) is 8.37. The number of hydrogen-bond acceptors (Lipinski definition) is 5. The molecule has 3 rings (SSSR count). The van der Waals surface area contributed by atoms with Crippen molar-refractivity contribution in [2.75, 3.05) is 26.2 Å². The molecule has 1 fully saturated rings. The molecule has 1 aliphatic heterocycles. The number of pyridine rings is 1. The van der Waals surface area contributed by atoms with Crippen LogP contribution < -0.4 is 5.32 Å². The van der Waals surface area contributed by atoms with Gasteiger partial charge in [-0.25, -0.2) is 0 Å². The smallest absolute Gasteiger partial charge is 0.0969 e. The molecule has 130 valence electrons. The van der Waals surface area contributed by atoms with Gasteiger partial charge in [0, 0.05) is 56.4 Å². The van der Waals surface area contributed by atoms with E-state index in [0.717, 1.165) is 36.5 Å². The van der Waals surface area contributed by atoms with Crippen LogP contribution in [0.5, 0.6) is 0 Å². The third-order valence-electron chi connectivity index (χ3n) is 4.47. The second-order valence-electron chi connectivity index (χ2n) is 6.56. The summed E-state index contributed by atoms with van der Waals surface area (Å²) in [6, 6.07) is 3.94. The van der Waals surface area contributed by atoms with E-state index < -0.39 is 0 Å². The summed E-state index contributed by atoms with van der Waals surface area (Å²) < 4.78 is 1.83. The fourth-order valence-corrected chi connectivity index (χ4v) is 3.30. The zero-order valence-electron chi connectivity index (χ0n) is 14.4. The Labute approximate surface area is 143 Å². The summed E-state index contributed by atoms with van der Waals surface area (Å²) in [6.45, 7) is 4.29. The Morgan fingerprint density at radius 1 is 1.21 bits per heavy atom. The molecule has 3 heterocycles. The Morgan fingerprint density at radius 3 is 2.71 bits per heavy atom. The number of hydrogen-bond donors (Lipinski definition) is 2. The summed E-state index contributed by atoms with van der Waals surface area (Å²) >= 11 is 0. The predicted octanol–water partition coefficient (Wildman–Crippen LogP) is 1.42. The lowest BCUT2D eigenvalue weighted by Crippen LogP contribution is -2.40. The summed E-state index contributed by atoms with van der Waals surface area (Å²) in [5, 5.41) is 18.2. The minimum Gasteiger partial charge on any atom is -0.390 e. The van der Waals surface area contributed by atoms with Crippen LogP contribution in [0.15, 0.2) is 30.7 Å². The van der Waals surface area contributed by atoms with Gasteiger partial charge in [0.2, 0.25) is 0 Å². The molecule has 0 bridgehead atoms. The number of β-amino-alcohol motifs (C(OH)–C–C–N with tert-alkyl or cyclic N) is 1. The predicted molar refractivity (Wildman–Crippen MR) is 94.4 cm³/mol. The lowest BCUT2D eigenvalue weighted by atomic mass is 10.1. The Hall–Kier alpha value is -1.76. The molecule has 0 saturated carbocycles. The van der Waals surface area contributed by atoms with Gasteiger partial charge in [-0.2, -0.15) is 5.10 Å². The fourth-order valence-electron chi connectivity index (χ4n) is 3.30.